The van der Waals surface area contributed by atoms with E-state index in [4.69, 9.17) is 11.6 Å². The van der Waals surface area contributed by atoms with Crippen molar-refractivity contribution in [3.05, 3.63) is 66.1 Å². The fourth-order valence-electron chi connectivity index (χ4n) is 2.26. The summed E-state index contributed by atoms with van der Waals surface area (Å²) in [6, 6.07) is 13.2. The van der Waals surface area contributed by atoms with Gasteiger partial charge in [-0.15, -0.1) is 5.10 Å². The molecule has 0 radical (unpaired) electrons. The summed E-state index contributed by atoms with van der Waals surface area (Å²) in [5, 5.41) is 5.26. The number of fused-ring (bicyclic) bond motifs is 1. The lowest BCUT2D eigenvalue weighted by molar-refractivity contribution is 0.951. The molecule has 0 atom stereocenters. The molecule has 0 spiro atoms. The van der Waals surface area contributed by atoms with E-state index in [1.165, 1.54) is 0 Å². The predicted molar refractivity (Wildman–Crippen MR) is 84.5 cm³/mol. The zero-order valence-electron chi connectivity index (χ0n) is 11.4. The molecular weight excluding hydrogens is 298 g/mol. The lowest BCUT2D eigenvalue weighted by Gasteiger charge is -2.03. The number of hydrogen-bond donors (Lipinski definition) is 0. The SMILES string of the molecule is Clc1ccc(-c2ccnc3nc(-c4ccncc4)nn23)cc1. The van der Waals surface area contributed by atoms with Crippen molar-refractivity contribution in [3.63, 3.8) is 0 Å². The smallest absolute Gasteiger partial charge is 0.253 e. The minimum atomic E-state index is 0.555. The van der Waals surface area contributed by atoms with Gasteiger partial charge in [0.2, 0.25) is 0 Å². The van der Waals surface area contributed by atoms with Crippen LogP contribution in [0.15, 0.2) is 61.1 Å². The van der Waals surface area contributed by atoms with E-state index in [9.17, 15) is 0 Å². The summed E-state index contributed by atoms with van der Waals surface area (Å²) >= 11 is 5.95. The average Bonchev–Trinajstić information content (AvgIpc) is 3.01. The molecule has 0 amide bonds. The Hall–Kier alpha value is -2.79. The molecule has 0 saturated carbocycles. The molecule has 3 heterocycles. The number of halogens is 1. The van der Waals surface area contributed by atoms with Gasteiger partial charge < -0.3 is 0 Å². The normalized spacial score (nSPS) is 11.0. The molecule has 0 unspecified atom stereocenters. The summed E-state index contributed by atoms with van der Waals surface area (Å²) in [5.41, 5.74) is 2.82. The molecule has 106 valence electrons. The van der Waals surface area contributed by atoms with Gasteiger partial charge in [-0.05, 0) is 30.3 Å². The third-order valence-corrected chi connectivity index (χ3v) is 3.57. The first-order valence-electron chi connectivity index (χ1n) is 6.69. The van der Waals surface area contributed by atoms with Gasteiger partial charge in [0.05, 0.1) is 5.69 Å². The summed E-state index contributed by atoms with van der Waals surface area (Å²) in [5.74, 6) is 1.18. The first kappa shape index (κ1) is 12.9. The van der Waals surface area contributed by atoms with E-state index in [2.05, 4.69) is 20.1 Å². The molecule has 0 aliphatic heterocycles. The molecule has 0 fully saturated rings. The molecule has 3 aromatic heterocycles. The highest BCUT2D eigenvalue weighted by atomic mass is 35.5. The second-order valence-corrected chi connectivity index (χ2v) is 5.16. The molecule has 0 N–H and O–H groups in total. The predicted octanol–water partition coefficient (Wildman–Crippen LogP) is 3.51. The van der Waals surface area contributed by atoms with Crippen molar-refractivity contribution < 1.29 is 0 Å². The van der Waals surface area contributed by atoms with Crippen LogP contribution in [0, 0.1) is 0 Å². The largest absolute Gasteiger partial charge is 0.265 e. The molecule has 0 aliphatic carbocycles. The maximum absolute atomic E-state index is 5.95. The molecule has 4 rings (SSSR count). The number of pyridine rings is 1. The van der Waals surface area contributed by atoms with Crippen LogP contribution in [0.1, 0.15) is 0 Å². The summed E-state index contributed by atoms with van der Waals surface area (Å²) in [4.78, 5) is 12.8. The van der Waals surface area contributed by atoms with E-state index in [1.807, 2.05) is 42.5 Å². The van der Waals surface area contributed by atoms with E-state index in [0.29, 0.717) is 16.6 Å². The van der Waals surface area contributed by atoms with Crippen LogP contribution in [-0.4, -0.2) is 24.6 Å². The van der Waals surface area contributed by atoms with E-state index in [1.54, 1.807) is 23.1 Å². The van der Waals surface area contributed by atoms with Crippen molar-refractivity contribution in [2.45, 2.75) is 0 Å². The average molecular weight is 308 g/mol. The maximum Gasteiger partial charge on any atom is 0.253 e. The van der Waals surface area contributed by atoms with Gasteiger partial charge in [0.25, 0.3) is 5.78 Å². The molecule has 5 nitrogen and oxygen atoms in total. The van der Waals surface area contributed by atoms with Crippen LogP contribution < -0.4 is 0 Å². The quantitative estimate of drug-likeness (QED) is 0.568. The Bertz CT molecular complexity index is 932. The van der Waals surface area contributed by atoms with Crippen molar-refractivity contribution in [1.29, 1.82) is 0 Å². The molecule has 0 saturated heterocycles. The lowest BCUT2D eigenvalue weighted by atomic mass is 10.1. The van der Waals surface area contributed by atoms with E-state index in [-0.39, 0.29) is 0 Å². The van der Waals surface area contributed by atoms with E-state index >= 15 is 0 Å². The van der Waals surface area contributed by atoms with Gasteiger partial charge in [0, 0.05) is 34.7 Å². The van der Waals surface area contributed by atoms with Crippen molar-refractivity contribution in [3.8, 4) is 22.6 Å². The van der Waals surface area contributed by atoms with Crippen molar-refractivity contribution in [2.24, 2.45) is 0 Å². The van der Waals surface area contributed by atoms with Gasteiger partial charge in [-0.25, -0.2) is 4.98 Å². The zero-order valence-corrected chi connectivity index (χ0v) is 12.1. The van der Waals surface area contributed by atoms with Gasteiger partial charge in [0.1, 0.15) is 0 Å². The van der Waals surface area contributed by atoms with Crippen LogP contribution in [-0.2, 0) is 0 Å². The van der Waals surface area contributed by atoms with Crippen molar-refractivity contribution >= 4 is 17.4 Å². The van der Waals surface area contributed by atoms with Gasteiger partial charge in [0.15, 0.2) is 5.82 Å². The molecule has 0 bridgehead atoms. The Balaban J connectivity index is 1.90. The maximum atomic E-state index is 5.95. The second-order valence-electron chi connectivity index (χ2n) is 4.72. The van der Waals surface area contributed by atoms with Gasteiger partial charge >= 0.3 is 0 Å². The molecule has 1 aromatic carbocycles. The number of aromatic nitrogens is 5. The van der Waals surface area contributed by atoms with Crippen molar-refractivity contribution in [2.75, 3.05) is 0 Å². The van der Waals surface area contributed by atoms with Gasteiger partial charge in [-0.2, -0.15) is 9.50 Å². The third-order valence-electron chi connectivity index (χ3n) is 3.32. The molecule has 6 heteroatoms. The highest BCUT2D eigenvalue weighted by Gasteiger charge is 2.11. The Morgan fingerprint density at radius 1 is 0.818 bits per heavy atom. The highest BCUT2D eigenvalue weighted by molar-refractivity contribution is 6.30. The first-order valence-corrected chi connectivity index (χ1v) is 7.07. The van der Waals surface area contributed by atoms with Crippen LogP contribution in [0.2, 0.25) is 5.02 Å². The summed E-state index contributed by atoms with van der Waals surface area (Å²) in [7, 11) is 0. The summed E-state index contributed by atoms with van der Waals surface area (Å²) in [6.07, 6.45) is 5.16. The van der Waals surface area contributed by atoms with Crippen LogP contribution in [0.25, 0.3) is 28.4 Å². The molecule has 4 aromatic rings. The van der Waals surface area contributed by atoms with Gasteiger partial charge in [-0.1, -0.05) is 23.7 Å². The Morgan fingerprint density at radius 2 is 1.59 bits per heavy atom. The van der Waals surface area contributed by atoms with E-state index in [0.717, 1.165) is 16.8 Å². The Labute approximate surface area is 131 Å². The second kappa shape index (κ2) is 5.20. The minimum absolute atomic E-state index is 0.555. The number of rotatable bonds is 2. The number of nitrogens with zero attached hydrogens (tertiary/aromatic N) is 5. The van der Waals surface area contributed by atoms with Crippen LogP contribution >= 0.6 is 11.6 Å². The Kier molecular flexibility index (Phi) is 3.05. The topological polar surface area (TPSA) is 56.0 Å². The number of hydrogen-bond acceptors (Lipinski definition) is 4. The Morgan fingerprint density at radius 3 is 2.36 bits per heavy atom. The number of benzene rings is 1. The summed E-state index contributed by atoms with van der Waals surface area (Å²) in [6.45, 7) is 0. The third kappa shape index (κ3) is 2.21. The van der Waals surface area contributed by atoms with E-state index < -0.39 is 0 Å². The minimum Gasteiger partial charge on any atom is -0.265 e. The monoisotopic (exact) mass is 307 g/mol. The van der Waals surface area contributed by atoms with Gasteiger partial charge in [-0.3, -0.25) is 4.98 Å². The fraction of sp³-hybridized carbons (Fsp3) is 0. The van der Waals surface area contributed by atoms with Crippen LogP contribution in [0.4, 0.5) is 0 Å². The standard InChI is InChI=1S/C16H10ClN5/c17-13-3-1-11(2-4-13)14-7-10-19-16-20-15(21-22(14)16)12-5-8-18-9-6-12/h1-10H. The molecule has 22 heavy (non-hydrogen) atoms. The lowest BCUT2D eigenvalue weighted by Crippen LogP contribution is -1.95. The fourth-order valence-corrected chi connectivity index (χ4v) is 2.38. The zero-order chi connectivity index (χ0) is 14.9. The molecular formula is C16H10ClN5. The summed E-state index contributed by atoms with van der Waals surface area (Å²) < 4.78 is 1.74. The molecule has 0 aliphatic rings. The van der Waals surface area contributed by atoms with Crippen LogP contribution in [0.3, 0.4) is 0 Å². The van der Waals surface area contributed by atoms with Crippen LogP contribution in [0.5, 0.6) is 0 Å². The first-order chi connectivity index (χ1) is 10.8. The van der Waals surface area contributed by atoms with Crippen molar-refractivity contribution in [1.82, 2.24) is 24.6 Å². The highest BCUT2D eigenvalue weighted by Crippen LogP contribution is 2.23.